The molecular weight excluding hydrogens is 285 g/mol. The van der Waals surface area contributed by atoms with E-state index in [1.165, 1.54) is 0 Å². The van der Waals surface area contributed by atoms with Crippen molar-refractivity contribution in [3.05, 3.63) is 40.1 Å². The van der Waals surface area contributed by atoms with Gasteiger partial charge in [-0.1, -0.05) is 23.2 Å². The van der Waals surface area contributed by atoms with Crippen LogP contribution in [-0.4, -0.2) is 30.2 Å². The minimum absolute atomic E-state index is 0.523. The van der Waals surface area contributed by atoms with Crippen LogP contribution in [0.1, 0.15) is 5.69 Å². The molecule has 102 valence electrons. The number of aromatic nitrogens is 2. The van der Waals surface area contributed by atoms with Gasteiger partial charge >= 0.3 is 0 Å². The molecule has 2 N–H and O–H groups in total. The summed E-state index contributed by atoms with van der Waals surface area (Å²) in [6.45, 7) is 2.21. The number of benzene rings is 1. The van der Waals surface area contributed by atoms with Gasteiger partial charge in [0.1, 0.15) is 5.82 Å². The van der Waals surface area contributed by atoms with E-state index < -0.39 is 0 Å². The first-order chi connectivity index (χ1) is 9.20. The second-order valence-electron chi connectivity index (χ2n) is 4.06. The molecule has 0 saturated heterocycles. The van der Waals surface area contributed by atoms with E-state index in [9.17, 15) is 0 Å². The van der Waals surface area contributed by atoms with Crippen LogP contribution in [0.3, 0.4) is 0 Å². The normalized spacial score (nSPS) is 10.9. The molecule has 0 amide bonds. The summed E-state index contributed by atoms with van der Waals surface area (Å²) in [5, 5.41) is 4.31. The minimum Gasteiger partial charge on any atom is -0.383 e. The van der Waals surface area contributed by atoms with Gasteiger partial charge in [-0.05, 0) is 18.2 Å². The van der Waals surface area contributed by atoms with Gasteiger partial charge in [-0.15, -0.1) is 0 Å². The lowest BCUT2D eigenvalue weighted by atomic mass is 10.2. The Morgan fingerprint density at radius 3 is 2.89 bits per heavy atom. The van der Waals surface area contributed by atoms with E-state index in [-0.39, 0.29) is 0 Å². The van der Waals surface area contributed by atoms with E-state index in [1.54, 1.807) is 25.4 Å². The second kappa shape index (κ2) is 6.91. The van der Waals surface area contributed by atoms with Crippen molar-refractivity contribution in [3.8, 4) is 11.4 Å². The fourth-order valence-electron chi connectivity index (χ4n) is 1.64. The molecule has 19 heavy (non-hydrogen) atoms. The third kappa shape index (κ3) is 3.94. The number of H-pyrrole nitrogens is 1. The first-order valence-corrected chi connectivity index (χ1v) is 6.65. The van der Waals surface area contributed by atoms with Crippen molar-refractivity contribution in [2.24, 2.45) is 0 Å². The molecule has 0 bridgehead atoms. The number of aromatic amines is 1. The number of imidazole rings is 1. The molecule has 2 rings (SSSR count). The standard InChI is InChI=1S/C13H15Cl2N3O/c1-19-5-4-16-7-10-8-17-13(18-10)9-2-3-11(14)12(15)6-9/h2-3,6,8,16H,4-5,7H2,1H3,(H,17,18). The highest BCUT2D eigenvalue weighted by Crippen LogP contribution is 2.26. The van der Waals surface area contributed by atoms with Gasteiger partial charge in [0.05, 0.1) is 16.7 Å². The number of methoxy groups -OCH3 is 1. The largest absolute Gasteiger partial charge is 0.383 e. The summed E-state index contributed by atoms with van der Waals surface area (Å²) in [6, 6.07) is 5.44. The van der Waals surface area contributed by atoms with Gasteiger partial charge in [0, 0.05) is 37.7 Å². The van der Waals surface area contributed by atoms with Gasteiger partial charge in [0.2, 0.25) is 0 Å². The van der Waals surface area contributed by atoms with Crippen molar-refractivity contribution >= 4 is 23.2 Å². The predicted octanol–water partition coefficient (Wildman–Crippen LogP) is 3.12. The fourth-order valence-corrected chi connectivity index (χ4v) is 1.93. The summed E-state index contributed by atoms with van der Waals surface area (Å²) in [6.07, 6.45) is 1.80. The molecule has 0 aliphatic carbocycles. The van der Waals surface area contributed by atoms with Gasteiger partial charge in [0.15, 0.2) is 0 Å². The number of hydrogen-bond acceptors (Lipinski definition) is 3. The van der Waals surface area contributed by atoms with Crippen molar-refractivity contribution in [1.82, 2.24) is 15.3 Å². The zero-order valence-corrected chi connectivity index (χ0v) is 12.1. The van der Waals surface area contributed by atoms with E-state index in [0.29, 0.717) is 16.7 Å². The van der Waals surface area contributed by atoms with Crippen molar-refractivity contribution in [3.63, 3.8) is 0 Å². The lowest BCUT2D eigenvalue weighted by molar-refractivity contribution is 0.199. The Hall–Kier alpha value is -1.07. The van der Waals surface area contributed by atoms with Gasteiger partial charge < -0.3 is 15.0 Å². The summed E-state index contributed by atoms with van der Waals surface area (Å²) >= 11 is 11.9. The number of hydrogen-bond donors (Lipinski definition) is 2. The summed E-state index contributed by atoms with van der Waals surface area (Å²) in [7, 11) is 1.68. The zero-order chi connectivity index (χ0) is 13.7. The van der Waals surface area contributed by atoms with Crippen molar-refractivity contribution in [2.45, 2.75) is 6.54 Å². The predicted molar refractivity (Wildman–Crippen MR) is 77.6 cm³/mol. The molecule has 6 heteroatoms. The lowest BCUT2D eigenvalue weighted by Gasteiger charge is -2.02. The van der Waals surface area contributed by atoms with Gasteiger partial charge in [-0.25, -0.2) is 4.98 Å². The summed E-state index contributed by atoms with van der Waals surface area (Å²) in [5.41, 5.74) is 1.93. The maximum atomic E-state index is 5.99. The monoisotopic (exact) mass is 299 g/mol. The molecule has 0 aliphatic heterocycles. The Bertz CT molecular complexity index is 542. The van der Waals surface area contributed by atoms with Crippen LogP contribution in [0.15, 0.2) is 24.4 Å². The van der Waals surface area contributed by atoms with Crippen molar-refractivity contribution in [1.29, 1.82) is 0 Å². The SMILES string of the molecule is COCCNCc1cnc(-c2ccc(Cl)c(Cl)c2)[nH]1. The average Bonchev–Trinajstić information content (AvgIpc) is 2.87. The van der Waals surface area contributed by atoms with E-state index in [1.807, 2.05) is 6.07 Å². The van der Waals surface area contributed by atoms with Crippen LogP contribution >= 0.6 is 23.2 Å². The minimum atomic E-state index is 0.523. The van der Waals surface area contributed by atoms with Gasteiger partial charge in [-0.2, -0.15) is 0 Å². The molecule has 4 nitrogen and oxygen atoms in total. The van der Waals surface area contributed by atoms with Crippen LogP contribution < -0.4 is 5.32 Å². The Kier molecular flexibility index (Phi) is 5.22. The summed E-state index contributed by atoms with van der Waals surface area (Å²) in [5.74, 6) is 0.780. The number of nitrogens with zero attached hydrogens (tertiary/aromatic N) is 1. The molecule has 0 atom stereocenters. The van der Waals surface area contributed by atoms with Crippen LogP contribution in [0.25, 0.3) is 11.4 Å². The first-order valence-electron chi connectivity index (χ1n) is 5.89. The molecule has 0 aliphatic rings. The van der Waals surface area contributed by atoms with E-state index in [4.69, 9.17) is 27.9 Å². The number of ether oxygens (including phenoxy) is 1. The molecule has 0 unspecified atom stereocenters. The molecule has 0 spiro atoms. The Balaban J connectivity index is 2.01. The Morgan fingerprint density at radius 2 is 2.16 bits per heavy atom. The maximum absolute atomic E-state index is 5.99. The third-order valence-electron chi connectivity index (χ3n) is 2.62. The van der Waals surface area contributed by atoms with Gasteiger partial charge in [-0.3, -0.25) is 0 Å². The van der Waals surface area contributed by atoms with Crippen molar-refractivity contribution in [2.75, 3.05) is 20.3 Å². The highest BCUT2D eigenvalue weighted by molar-refractivity contribution is 6.42. The first kappa shape index (κ1) is 14.3. The fraction of sp³-hybridized carbons (Fsp3) is 0.308. The Labute approximate surface area is 122 Å². The third-order valence-corrected chi connectivity index (χ3v) is 3.36. The molecular formula is C13H15Cl2N3O. The zero-order valence-electron chi connectivity index (χ0n) is 10.5. The van der Waals surface area contributed by atoms with Crippen molar-refractivity contribution < 1.29 is 4.74 Å². The molecule has 2 aromatic rings. The topological polar surface area (TPSA) is 49.9 Å². The molecule has 0 radical (unpaired) electrons. The van der Waals surface area contributed by atoms with Crippen LogP contribution in [0.5, 0.6) is 0 Å². The van der Waals surface area contributed by atoms with Crippen LogP contribution in [0.2, 0.25) is 10.0 Å². The van der Waals surface area contributed by atoms with Gasteiger partial charge in [0.25, 0.3) is 0 Å². The van der Waals surface area contributed by atoms with E-state index in [0.717, 1.165) is 30.2 Å². The summed E-state index contributed by atoms with van der Waals surface area (Å²) in [4.78, 5) is 7.56. The van der Waals surface area contributed by atoms with Crippen LogP contribution in [0.4, 0.5) is 0 Å². The van der Waals surface area contributed by atoms with Crippen LogP contribution in [-0.2, 0) is 11.3 Å². The second-order valence-corrected chi connectivity index (χ2v) is 4.87. The molecule has 1 aromatic carbocycles. The highest BCUT2D eigenvalue weighted by atomic mass is 35.5. The quantitative estimate of drug-likeness (QED) is 0.806. The Morgan fingerprint density at radius 1 is 1.32 bits per heavy atom. The number of halogens is 2. The van der Waals surface area contributed by atoms with Crippen LogP contribution in [0, 0.1) is 0 Å². The average molecular weight is 300 g/mol. The molecule has 1 aromatic heterocycles. The molecule has 0 fully saturated rings. The van der Waals surface area contributed by atoms with E-state index in [2.05, 4.69) is 15.3 Å². The maximum Gasteiger partial charge on any atom is 0.137 e. The van der Waals surface area contributed by atoms with E-state index >= 15 is 0 Å². The lowest BCUT2D eigenvalue weighted by Crippen LogP contribution is -2.18. The molecule has 1 heterocycles. The number of rotatable bonds is 6. The smallest absolute Gasteiger partial charge is 0.137 e. The number of nitrogens with one attached hydrogen (secondary N) is 2. The molecule has 0 saturated carbocycles. The summed E-state index contributed by atoms with van der Waals surface area (Å²) < 4.78 is 4.96. The highest BCUT2D eigenvalue weighted by Gasteiger charge is 2.06.